The summed E-state index contributed by atoms with van der Waals surface area (Å²) < 4.78 is 5.01. The van der Waals surface area contributed by atoms with E-state index >= 15 is 0 Å². The third-order valence-corrected chi connectivity index (χ3v) is 21.8. The van der Waals surface area contributed by atoms with E-state index in [2.05, 4.69) is 300 Å². The molecule has 11 aromatic carbocycles. The van der Waals surface area contributed by atoms with E-state index in [1.807, 2.05) is 0 Å². The Hall–Kier alpha value is -8.28. The maximum atomic E-state index is 2.54. The Balaban J connectivity index is 1.06. The lowest BCUT2D eigenvalue weighted by molar-refractivity contribution is 1.15. The average molecular weight is 933 g/mol. The Morgan fingerprint density at radius 3 is 1.00 bits per heavy atom. The van der Waals surface area contributed by atoms with Crippen LogP contribution >= 0.6 is 20.1 Å². The van der Waals surface area contributed by atoms with Gasteiger partial charge in [-0.3, -0.25) is 0 Å². The van der Waals surface area contributed by atoms with E-state index in [9.17, 15) is 0 Å². The van der Waals surface area contributed by atoms with E-state index in [4.69, 9.17) is 0 Å². The van der Waals surface area contributed by atoms with Gasteiger partial charge in [0.25, 0.3) is 0 Å². The van der Waals surface area contributed by atoms with Crippen molar-refractivity contribution in [2.75, 3.05) is 0 Å². The lowest BCUT2D eigenvalue weighted by Crippen LogP contribution is -2.05. The highest BCUT2D eigenvalue weighted by Crippen LogP contribution is 2.75. The maximum absolute atomic E-state index is 2.54. The molecule has 2 nitrogen and oxygen atoms in total. The van der Waals surface area contributed by atoms with Crippen LogP contribution in [0.1, 0.15) is 0 Å². The SMILES string of the molecule is c1ccc(S(c2ccccc2)(c2ccccc2)c2ccc(-n3c4ccccc4c4c(-n5c6ccccc6c6c(S(c7ccccc7)(c7ccccc7)c7ccccc7)cccc65)cccc43)cc2)cc1. The molecule has 0 saturated carbocycles. The molecule has 0 saturated heterocycles. The van der Waals surface area contributed by atoms with Gasteiger partial charge in [-0.2, -0.15) is 0 Å². The standard InChI is InChI=1S/C66H48N2S2/c1-7-25-50(26-8-1)69(51-27-9-2-10-28-51,52-29-11-3-12-30-52)56-47-45-49(46-48-56)67-59-39-21-19-37-57(59)65-61(67)41-23-42-62(65)68-60-40-22-20-38-58(60)66-63(68)43-24-44-64(66)70(53-31-13-4-14-32-53,54-33-15-5-16-34-54)55-35-17-6-18-36-55/h1-48H. The van der Waals surface area contributed by atoms with Crippen LogP contribution in [0.3, 0.4) is 0 Å². The van der Waals surface area contributed by atoms with E-state index in [-0.39, 0.29) is 0 Å². The molecule has 0 fully saturated rings. The first-order chi connectivity index (χ1) is 34.8. The fourth-order valence-corrected chi connectivity index (χ4v) is 19.1. The van der Waals surface area contributed by atoms with Crippen molar-refractivity contribution in [2.45, 2.75) is 39.2 Å². The normalized spacial score (nSPS) is 12.5. The summed E-state index contributed by atoms with van der Waals surface area (Å²) in [6, 6.07) is 108. The molecule has 13 rings (SSSR count). The molecule has 0 atom stereocenters. The van der Waals surface area contributed by atoms with Crippen molar-refractivity contribution in [3.05, 3.63) is 291 Å². The molecule has 0 N–H and O–H groups in total. The monoisotopic (exact) mass is 932 g/mol. The molecule has 0 unspecified atom stereocenters. The van der Waals surface area contributed by atoms with Gasteiger partial charge < -0.3 is 9.13 Å². The highest BCUT2D eigenvalue weighted by molar-refractivity contribution is 8.34. The molecule has 4 heteroatoms. The fourth-order valence-electron chi connectivity index (χ4n) is 11.1. The quantitative estimate of drug-likeness (QED) is 0.129. The van der Waals surface area contributed by atoms with Crippen LogP contribution in [0.5, 0.6) is 0 Å². The van der Waals surface area contributed by atoms with Crippen LogP contribution in [-0.4, -0.2) is 9.13 Å². The van der Waals surface area contributed by atoms with Crippen LogP contribution in [-0.2, 0) is 0 Å². The first kappa shape index (κ1) is 41.9. The van der Waals surface area contributed by atoms with Crippen molar-refractivity contribution >= 4 is 63.7 Å². The lowest BCUT2D eigenvalue weighted by Gasteiger charge is -2.42. The molecule has 334 valence electrons. The smallest absolute Gasteiger partial charge is 0.0562 e. The fraction of sp³-hybridized carbons (Fsp3) is 0. The summed E-state index contributed by atoms with van der Waals surface area (Å²) in [5.74, 6) is 0. The number of hydrogen-bond donors (Lipinski definition) is 0. The minimum absolute atomic E-state index is 1.13. The second-order valence-corrected chi connectivity index (χ2v) is 23.8. The van der Waals surface area contributed by atoms with Crippen LogP contribution in [0, 0.1) is 0 Å². The highest BCUT2D eigenvalue weighted by atomic mass is 32.3. The largest absolute Gasteiger partial charge is 0.309 e. The van der Waals surface area contributed by atoms with Crippen LogP contribution in [0.15, 0.2) is 330 Å². The number of fused-ring (bicyclic) bond motifs is 6. The summed E-state index contributed by atoms with van der Waals surface area (Å²) in [5, 5.41) is 4.96. The summed E-state index contributed by atoms with van der Waals surface area (Å²) in [4.78, 5) is 10.5. The van der Waals surface area contributed by atoms with Gasteiger partial charge in [-0.25, -0.2) is 0 Å². The number of nitrogens with zero attached hydrogens (tertiary/aromatic N) is 2. The second-order valence-electron chi connectivity index (χ2n) is 17.6. The van der Waals surface area contributed by atoms with Gasteiger partial charge in [0, 0.05) is 66.4 Å². The number of hydrogen-bond acceptors (Lipinski definition) is 0. The van der Waals surface area contributed by atoms with E-state index < -0.39 is 20.1 Å². The van der Waals surface area contributed by atoms with Crippen LogP contribution < -0.4 is 0 Å². The molecule has 70 heavy (non-hydrogen) atoms. The average Bonchev–Trinajstić information content (AvgIpc) is 3.97. The summed E-state index contributed by atoms with van der Waals surface area (Å²) >= 11 is 0. The van der Waals surface area contributed by atoms with Crippen molar-refractivity contribution in [3.8, 4) is 11.4 Å². The van der Waals surface area contributed by atoms with Gasteiger partial charge in [-0.15, -0.1) is 20.1 Å². The minimum atomic E-state index is -1.99. The zero-order valence-corrected chi connectivity index (χ0v) is 40.1. The first-order valence-electron chi connectivity index (χ1n) is 23.9. The van der Waals surface area contributed by atoms with Gasteiger partial charge in [-0.05, 0) is 133 Å². The number of rotatable bonds is 10. The third-order valence-electron chi connectivity index (χ3n) is 13.9. The van der Waals surface area contributed by atoms with Crippen molar-refractivity contribution in [3.63, 3.8) is 0 Å². The minimum Gasteiger partial charge on any atom is -0.309 e. The molecule has 0 bridgehead atoms. The topological polar surface area (TPSA) is 9.86 Å². The predicted octanol–water partition coefficient (Wildman–Crippen LogP) is 18.6. The lowest BCUT2D eigenvalue weighted by atomic mass is 10.1. The van der Waals surface area contributed by atoms with Crippen LogP contribution in [0.2, 0.25) is 0 Å². The van der Waals surface area contributed by atoms with Gasteiger partial charge in [-0.1, -0.05) is 158 Å². The third kappa shape index (κ3) is 6.38. The van der Waals surface area contributed by atoms with Crippen LogP contribution in [0.25, 0.3) is 55.0 Å². The highest BCUT2D eigenvalue weighted by Gasteiger charge is 2.37. The molecule has 0 aliphatic rings. The first-order valence-corrected chi connectivity index (χ1v) is 27.2. The van der Waals surface area contributed by atoms with E-state index in [0.29, 0.717) is 0 Å². The molecular formula is C66H48N2S2. The Bertz CT molecular complexity index is 3770. The Morgan fingerprint density at radius 1 is 0.214 bits per heavy atom. The molecule has 2 heterocycles. The molecule has 0 aliphatic heterocycles. The molecule has 0 aliphatic carbocycles. The molecule has 0 amide bonds. The van der Waals surface area contributed by atoms with Crippen molar-refractivity contribution in [2.24, 2.45) is 0 Å². The number of para-hydroxylation sites is 2. The summed E-state index contributed by atoms with van der Waals surface area (Å²) in [6.45, 7) is 0. The number of aromatic nitrogens is 2. The summed E-state index contributed by atoms with van der Waals surface area (Å²) in [6.07, 6.45) is 0. The maximum Gasteiger partial charge on any atom is 0.0562 e. The van der Waals surface area contributed by atoms with Gasteiger partial charge in [0.1, 0.15) is 0 Å². The van der Waals surface area contributed by atoms with Crippen molar-refractivity contribution < 1.29 is 0 Å². The Morgan fingerprint density at radius 2 is 0.543 bits per heavy atom. The number of benzene rings is 11. The Kier molecular flexibility index (Phi) is 10.4. The molecule has 2 aromatic heterocycles. The predicted molar refractivity (Wildman–Crippen MR) is 295 cm³/mol. The van der Waals surface area contributed by atoms with E-state index in [1.54, 1.807) is 0 Å². The van der Waals surface area contributed by atoms with Crippen molar-refractivity contribution in [1.82, 2.24) is 9.13 Å². The molecule has 13 aromatic rings. The van der Waals surface area contributed by atoms with Crippen LogP contribution in [0.4, 0.5) is 0 Å². The van der Waals surface area contributed by atoms with Gasteiger partial charge in [0.2, 0.25) is 0 Å². The molecule has 0 spiro atoms. The zero-order chi connectivity index (χ0) is 46.5. The van der Waals surface area contributed by atoms with Crippen molar-refractivity contribution in [1.29, 1.82) is 0 Å². The summed E-state index contributed by atoms with van der Waals surface area (Å²) in [7, 11) is -3.83. The van der Waals surface area contributed by atoms with Gasteiger partial charge in [0.05, 0.1) is 27.8 Å². The van der Waals surface area contributed by atoms with Gasteiger partial charge in [0.15, 0.2) is 0 Å². The van der Waals surface area contributed by atoms with Gasteiger partial charge >= 0.3 is 0 Å². The van der Waals surface area contributed by atoms with E-state index in [0.717, 1.165) is 11.4 Å². The Labute approximate surface area is 412 Å². The second kappa shape index (κ2) is 17.4. The molecule has 0 radical (unpaired) electrons. The van der Waals surface area contributed by atoms with E-state index in [1.165, 1.54) is 82.8 Å². The zero-order valence-electron chi connectivity index (χ0n) is 38.4. The summed E-state index contributed by atoms with van der Waals surface area (Å²) in [5.41, 5.74) is 7.00. The molecular weight excluding hydrogens is 885 g/mol.